The summed E-state index contributed by atoms with van der Waals surface area (Å²) in [5.74, 6) is -1.83. The van der Waals surface area contributed by atoms with Gasteiger partial charge in [-0.05, 0) is 43.4 Å². The van der Waals surface area contributed by atoms with Crippen molar-refractivity contribution < 1.29 is 27.8 Å². The molecule has 3 N–H and O–H groups in total. The Kier molecular flexibility index (Phi) is 6.48. The van der Waals surface area contributed by atoms with Crippen molar-refractivity contribution in [2.24, 2.45) is 5.73 Å². The van der Waals surface area contributed by atoms with E-state index in [0.29, 0.717) is 18.6 Å². The Morgan fingerprint density at radius 1 is 1.25 bits per heavy atom. The zero-order valence-electron chi connectivity index (χ0n) is 13.0. The Labute approximate surface area is 138 Å². The molecular weight excluding hydrogens is 322 g/mol. The lowest BCUT2D eigenvalue weighted by Gasteiger charge is -2.23. The molecule has 2 bridgehead atoms. The van der Waals surface area contributed by atoms with Gasteiger partial charge in [0.15, 0.2) is 0 Å². The number of primary amides is 1. The van der Waals surface area contributed by atoms with E-state index in [9.17, 15) is 18.4 Å². The summed E-state index contributed by atoms with van der Waals surface area (Å²) in [5, 5.41) is 2.31. The summed E-state index contributed by atoms with van der Waals surface area (Å²) >= 11 is 0. The first-order chi connectivity index (χ1) is 11.4. The number of nitrogens with two attached hydrogens (primary N) is 1. The van der Waals surface area contributed by atoms with Gasteiger partial charge in [0.25, 0.3) is 0 Å². The maximum Gasteiger partial charge on any atom is 0.387 e. The second-order valence-corrected chi connectivity index (χ2v) is 5.59. The van der Waals surface area contributed by atoms with Gasteiger partial charge in [-0.1, -0.05) is 12.1 Å². The fraction of sp³-hybridized carbons (Fsp3) is 0.500. The molecule has 2 saturated heterocycles. The average Bonchev–Trinajstić information content (AvgIpc) is 3.14. The summed E-state index contributed by atoms with van der Waals surface area (Å²) in [4.78, 5) is 21.2. The minimum Gasteiger partial charge on any atom is -0.435 e. The van der Waals surface area contributed by atoms with Crippen LogP contribution >= 0.6 is 0 Å². The normalized spacial score (nSPS) is 20.6. The monoisotopic (exact) mass is 342 g/mol. The molecule has 0 spiro atoms. The molecule has 1 saturated carbocycles. The highest BCUT2D eigenvalue weighted by Gasteiger charge is 2.36. The van der Waals surface area contributed by atoms with Crippen molar-refractivity contribution in [2.45, 2.75) is 44.5 Å². The minimum atomic E-state index is -2.86. The number of amides is 2. The van der Waals surface area contributed by atoms with Gasteiger partial charge in [-0.3, -0.25) is 9.59 Å². The van der Waals surface area contributed by atoms with Crippen LogP contribution in [0.4, 0.5) is 8.78 Å². The molecule has 2 atom stereocenters. The Hall–Kier alpha value is -2.22. The molecule has 3 aliphatic rings. The molecule has 4 rings (SSSR count). The first-order valence-electron chi connectivity index (χ1n) is 7.71. The van der Waals surface area contributed by atoms with E-state index >= 15 is 0 Å². The van der Waals surface area contributed by atoms with Crippen molar-refractivity contribution in [3.63, 3.8) is 0 Å². The SMILES string of the molecule is C1CC2CC1O2.NC(=O)C(=O)NCCc1ccc(OC(F)F)cc1. The van der Waals surface area contributed by atoms with E-state index in [-0.39, 0.29) is 12.3 Å². The maximum atomic E-state index is 11.9. The molecule has 1 aromatic rings. The summed E-state index contributed by atoms with van der Waals surface area (Å²) in [6, 6.07) is 5.98. The Morgan fingerprint density at radius 2 is 1.83 bits per heavy atom. The molecule has 3 fully saturated rings. The number of hydrogen-bond acceptors (Lipinski definition) is 4. The number of alkyl halides is 2. The summed E-state index contributed by atoms with van der Waals surface area (Å²) in [5.41, 5.74) is 5.55. The van der Waals surface area contributed by atoms with Gasteiger partial charge in [-0.25, -0.2) is 0 Å². The van der Waals surface area contributed by atoms with Gasteiger partial charge in [-0.2, -0.15) is 8.78 Å². The quantitative estimate of drug-likeness (QED) is 0.791. The van der Waals surface area contributed by atoms with Gasteiger partial charge in [0.05, 0.1) is 12.2 Å². The second kappa shape index (κ2) is 8.58. The van der Waals surface area contributed by atoms with Crippen LogP contribution in [-0.4, -0.2) is 37.2 Å². The van der Waals surface area contributed by atoms with Crippen molar-refractivity contribution >= 4 is 11.8 Å². The lowest BCUT2D eigenvalue weighted by Crippen LogP contribution is -2.37. The lowest BCUT2D eigenvalue weighted by molar-refractivity contribution is -0.137. The third-order valence-corrected chi connectivity index (χ3v) is 3.79. The molecule has 24 heavy (non-hydrogen) atoms. The Bertz CT molecular complexity index is 546. The molecule has 1 aromatic carbocycles. The van der Waals surface area contributed by atoms with Crippen LogP contribution in [0.5, 0.6) is 5.75 Å². The van der Waals surface area contributed by atoms with Gasteiger partial charge in [0.2, 0.25) is 0 Å². The second-order valence-electron chi connectivity index (χ2n) is 5.59. The van der Waals surface area contributed by atoms with E-state index in [4.69, 9.17) is 10.5 Å². The van der Waals surface area contributed by atoms with Crippen molar-refractivity contribution in [3.05, 3.63) is 29.8 Å². The number of carbonyl (C=O) groups excluding carboxylic acids is 2. The summed E-state index contributed by atoms with van der Waals surface area (Å²) in [6.45, 7) is -2.62. The number of hydrogen-bond donors (Lipinski definition) is 2. The predicted octanol–water partition coefficient (Wildman–Crippen LogP) is 1.37. The zero-order valence-corrected chi connectivity index (χ0v) is 13.0. The summed E-state index contributed by atoms with van der Waals surface area (Å²) < 4.78 is 33.2. The third-order valence-electron chi connectivity index (χ3n) is 3.79. The fourth-order valence-electron chi connectivity index (χ4n) is 2.54. The first kappa shape index (κ1) is 18.1. The van der Waals surface area contributed by atoms with Crippen molar-refractivity contribution in [3.8, 4) is 5.75 Å². The average molecular weight is 342 g/mol. The van der Waals surface area contributed by atoms with Gasteiger partial charge in [0.1, 0.15) is 5.75 Å². The maximum absolute atomic E-state index is 11.9. The van der Waals surface area contributed by atoms with Gasteiger partial charge in [-0.15, -0.1) is 0 Å². The van der Waals surface area contributed by atoms with Crippen LogP contribution in [0.3, 0.4) is 0 Å². The minimum absolute atomic E-state index is 0.0647. The molecule has 2 unspecified atom stereocenters. The highest BCUT2D eigenvalue weighted by molar-refractivity contribution is 6.34. The molecule has 0 radical (unpaired) electrons. The number of fused-ring (bicyclic) bond motifs is 1. The molecule has 2 heterocycles. The van der Waals surface area contributed by atoms with Crippen molar-refractivity contribution in [2.75, 3.05) is 6.54 Å². The molecule has 2 amide bonds. The molecule has 2 aliphatic heterocycles. The molecule has 0 aromatic heterocycles. The van der Waals surface area contributed by atoms with Crippen LogP contribution in [-0.2, 0) is 20.7 Å². The van der Waals surface area contributed by atoms with E-state index in [0.717, 1.165) is 5.56 Å². The van der Waals surface area contributed by atoms with E-state index in [2.05, 4.69) is 10.1 Å². The van der Waals surface area contributed by atoms with Gasteiger partial charge < -0.3 is 20.5 Å². The number of carbonyl (C=O) groups is 2. The topological polar surface area (TPSA) is 90.7 Å². The third kappa shape index (κ3) is 5.77. The molecule has 6 nitrogen and oxygen atoms in total. The van der Waals surface area contributed by atoms with Crippen molar-refractivity contribution in [1.82, 2.24) is 5.32 Å². The molecule has 1 aliphatic carbocycles. The largest absolute Gasteiger partial charge is 0.435 e. The Morgan fingerprint density at radius 3 is 2.25 bits per heavy atom. The van der Waals surface area contributed by atoms with Crippen LogP contribution < -0.4 is 15.8 Å². The number of ether oxygens (including phenoxy) is 2. The van der Waals surface area contributed by atoms with E-state index in [1.54, 1.807) is 12.1 Å². The van der Waals surface area contributed by atoms with Gasteiger partial charge >= 0.3 is 18.4 Å². The molecular formula is C16H20F2N2O4. The highest BCUT2D eigenvalue weighted by atomic mass is 19.3. The summed E-state index contributed by atoms with van der Waals surface area (Å²) in [6.07, 6.45) is 5.87. The number of rotatable bonds is 5. The van der Waals surface area contributed by atoms with Crippen molar-refractivity contribution in [1.29, 1.82) is 0 Å². The zero-order chi connectivity index (χ0) is 17.5. The van der Waals surface area contributed by atoms with E-state index in [1.165, 1.54) is 31.4 Å². The van der Waals surface area contributed by atoms with Crippen LogP contribution in [0.2, 0.25) is 0 Å². The lowest BCUT2D eigenvalue weighted by atomic mass is 10.1. The first-order valence-corrected chi connectivity index (χ1v) is 7.71. The fourth-order valence-corrected chi connectivity index (χ4v) is 2.54. The van der Waals surface area contributed by atoms with E-state index in [1.807, 2.05) is 0 Å². The standard InChI is InChI=1S/C11H12F2N2O3.C5H8O/c12-11(13)18-8-3-1-7(2-4-8)5-6-15-10(17)9(14)16;1-2-5-3-4(1)6-5/h1-4,11H,5-6H2,(H2,14,16)(H,15,17);4-5H,1-3H2. The van der Waals surface area contributed by atoms with Crippen LogP contribution in [0.1, 0.15) is 24.8 Å². The number of nitrogens with one attached hydrogen (secondary N) is 1. The van der Waals surface area contributed by atoms with Crippen LogP contribution in [0.25, 0.3) is 0 Å². The predicted molar refractivity (Wildman–Crippen MR) is 81.5 cm³/mol. The smallest absolute Gasteiger partial charge is 0.387 e. The highest BCUT2D eigenvalue weighted by Crippen LogP contribution is 2.36. The van der Waals surface area contributed by atoms with E-state index < -0.39 is 18.4 Å². The number of benzene rings is 1. The number of halogens is 2. The van der Waals surface area contributed by atoms with Crippen LogP contribution in [0.15, 0.2) is 24.3 Å². The summed E-state index contributed by atoms with van der Waals surface area (Å²) in [7, 11) is 0. The van der Waals surface area contributed by atoms with Crippen LogP contribution in [0, 0.1) is 0 Å². The van der Waals surface area contributed by atoms with Gasteiger partial charge in [0, 0.05) is 6.54 Å². The molecule has 8 heteroatoms. The molecule has 132 valence electrons. The Balaban J connectivity index is 0.000000282.